The molecule has 2 nitrogen and oxygen atoms in total. The Morgan fingerprint density at radius 3 is 2.12 bits per heavy atom. The first-order valence-electron chi connectivity index (χ1n) is 8.06. The lowest BCUT2D eigenvalue weighted by atomic mass is 9.90. The van der Waals surface area contributed by atoms with Crippen molar-refractivity contribution in [1.82, 2.24) is 0 Å². The lowest BCUT2D eigenvalue weighted by molar-refractivity contribution is 0.101. The van der Waals surface area contributed by atoms with E-state index < -0.39 is 0 Å². The van der Waals surface area contributed by atoms with Crippen LogP contribution in [0.2, 0.25) is 0 Å². The standard InChI is InChI=1S/C23H17NO/c1-17(25)21-13-12-19(16-24)15-23(21)22(20-10-6-3-7-11-20)14-18-8-4-2-5-9-18/h2-15H,1H3/b22-14-. The highest BCUT2D eigenvalue weighted by Gasteiger charge is 2.14. The highest BCUT2D eigenvalue weighted by molar-refractivity contribution is 6.04. The third kappa shape index (κ3) is 3.73. The largest absolute Gasteiger partial charge is 0.294 e. The van der Waals surface area contributed by atoms with Gasteiger partial charge in [-0.2, -0.15) is 5.26 Å². The predicted molar refractivity (Wildman–Crippen MR) is 101 cm³/mol. The number of Topliss-reactive ketones (excluding diaryl/α,β-unsaturated/α-hetero) is 1. The minimum atomic E-state index is -0.0191. The van der Waals surface area contributed by atoms with Crippen LogP contribution >= 0.6 is 0 Å². The highest BCUT2D eigenvalue weighted by atomic mass is 16.1. The maximum atomic E-state index is 12.1. The fourth-order valence-electron chi connectivity index (χ4n) is 2.79. The zero-order chi connectivity index (χ0) is 17.6. The number of carbonyl (C=O) groups is 1. The number of hydrogen-bond donors (Lipinski definition) is 0. The van der Waals surface area contributed by atoms with Gasteiger partial charge in [-0.25, -0.2) is 0 Å². The third-order valence-electron chi connectivity index (χ3n) is 4.01. The summed E-state index contributed by atoms with van der Waals surface area (Å²) in [5.74, 6) is -0.0191. The lowest BCUT2D eigenvalue weighted by Gasteiger charge is -2.13. The molecule has 3 aromatic carbocycles. The van der Waals surface area contributed by atoms with Gasteiger partial charge in [0.25, 0.3) is 0 Å². The van der Waals surface area contributed by atoms with Crippen molar-refractivity contribution in [2.45, 2.75) is 6.92 Å². The minimum Gasteiger partial charge on any atom is -0.294 e. The van der Waals surface area contributed by atoms with Gasteiger partial charge in [-0.15, -0.1) is 0 Å². The van der Waals surface area contributed by atoms with E-state index in [9.17, 15) is 10.1 Å². The third-order valence-corrected chi connectivity index (χ3v) is 4.01. The van der Waals surface area contributed by atoms with Crippen molar-refractivity contribution < 1.29 is 4.79 Å². The number of nitrogens with zero attached hydrogens (tertiary/aromatic N) is 1. The zero-order valence-electron chi connectivity index (χ0n) is 13.9. The summed E-state index contributed by atoms with van der Waals surface area (Å²) >= 11 is 0. The second-order valence-corrected chi connectivity index (χ2v) is 5.76. The first-order valence-corrected chi connectivity index (χ1v) is 8.06. The second-order valence-electron chi connectivity index (χ2n) is 5.76. The summed E-state index contributed by atoms with van der Waals surface area (Å²) in [6.07, 6.45) is 2.05. The van der Waals surface area contributed by atoms with Crippen molar-refractivity contribution in [3.8, 4) is 6.07 Å². The van der Waals surface area contributed by atoms with E-state index in [1.54, 1.807) is 25.1 Å². The van der Waals surface area contributed by atoms with E-state index in [0.717, 1.165) is 22.3 Å². The van der Waals surface area contributed by atoms with Crippen LogP contribution in [0.5, 0.6) is 0 Å². The van der Waals surface area contributed by atoms with Crippen molar-refractivity contribution in [1.29, 1.82) is 5.26 Å². The van der Waals surface area contributed by atoms with Crippen LogP contribution in [0.4, 0.5) is 0 Å². The Morgan fingerprint density at radius 2 is 1.52 bits per heavy atom. The summed E-state index contributed by atoms with van der Waals surface area (Å²) in [5, 5.41) is 9.28. The Labute approximate surface area is 147 Å². The second kappa shape index (κ2) is 7.42. The number of rotatable bonds is 4. The molecule has 0 spiro atoms. The first kappa shape index (κ1) is 16.4. The van der Waals surface area contributed by atoms with Crippen LogP contribution in [-0.2, 0) is 0 Å². The SMILES string of the molecule is CC(=O)c1ccc(C#N)cc1/C(=C\c1ccccc1)c1ccccc1. The molecule has 3 rings (SSSR count). The Morgan fingerprint density at radius 1 is 0.880 bits per heavy atom. The molecule has 0 aliphatic carbocycles. The highest BCUT2D eigenvalue weighted by Crippen LogP contribution is 2.30. The normalized spacial score (nSPS) is 11.0. The van der Waals surface area contributed by atoms with Crippen molar-refractivity contribution in [2.75, 3.05) is 0 Å². The molecule has 3 aromatic rings. The summed E-state index contributed by atoms with van der Waals surface area (Å²) in [6.45, 7) is 1.55. The van der Waals surface area contributed by atoms with Gasteiger partial charge in [-0.3, -0.25) is 4.79 Å². The van der Waals surface area contributed by atoms with E-state index >= 15 is 0 Å². The average Bonchev–Trinajstić information content (AvgIpc) is 2.67. The van der Waals surface area contributed by atoms with Crippen LogP contribution in [0.1, 0.15) is 39.5 Å². The maximum absolute atomic E-state index is 12.1. The quantitative estimate of drug-likeness (QED) is 0.479. The number of carbonyl (C=O) groups excluding carboxylic acids is 1. The molecular formula is C23H17NO. The fraction of sp³-hybridized carbons (Fsp3) is 0.0435. The number of ketones is 1. The Kier molecular flexibility index (Phi) is 4.87. The van der Waals surface area contributed by atoms with Gasteiger partial charge in [0, 0.05) is 5.56 Å². The van der Waals surface area contributed by atoms with Crippen LogP contribution in [0.15, 0.2) is 78.9 Å². The van der Waals surface area contributed by atoms with Gasteiger partial charge in [-0.05, 0) is 53.5 Å². The Bertz CT molecular complexity index is 964. The lowest BCUT2D eigenvalue weighted by Crippen LogP contribution is -2.01. The molecule has 120 valence electrons. The molecular weight excluding hydrogens is 306 g/mol. The Balaban J connectivity index is 2.28. The van der Waals surface area contributed by atoms with Crippen molar-refractivity contribution >= 4 is 17.4 Å². The topological polar surface area (TPSA) is 40.9 Å². The molecule has 0 fully saturated rings. The van der Waals surface area contributed by atoms with Crippen LogP contribution in [0.3, 0.4) is 0 Å². The fourth-order valence-corrected chi connectivity index (χ4v) is 2.79. The van der Waals surface area contributed by atoms with E-state index in [1.165, 1.54) is 0 Å². The van der Waals surface area contributed by atoms with E-state index in [4.69, 9.17) is 0 Å². The molecule has 0 aliphatic heterocycles. The molecule has 0 aromatic heterocycles. The van der Waals surface area contributed by atoms with Gasteiger partial charge in [0.05, 0.1) is 11.6 Å². The molecule has 0 N–H and O–H groups in total. The molecule has 0 saturated carbocycles. The molecule has 0 unspecified atom stereocenters. The van der Waals surface area contributed by atoms with Crippen LogP contribution in [0, 0.1) is 11.3 Å². The van der Waals surface area contributed by atoms with E-state index in [2.05, 4.69) is 12.1 Å². The van der Waals surface area contributed by atoms with E-state index in [-0.39, 0.29) is 5.78 Å². The maximum Gasteiger partial charge on any atom is 0.160 e. The monoisotopic (exact) mass is 323 g/mol. The molecule has 25 heavy (non-hydrogen) atoms. The molecule has 0 atom stereocenters. The molecule has 0 radical (unpaired) electrons. The van der Waals surface area contributed by atoms with Gasteiger partial charge in [0.15, 0.2) is 5.78 Å². The van der Waals surface area contributed by atoms with Gasteiger partial charge in [-0.1, -0.05) is 60.7 Å². The van der Waals surface area contributed by atoms with E-state index in [1.807, 2.05) is 60.7 Å². The van der Waals surface area contributed by atoms with Gasteiger partial charge in [0.2, 0.25) is 0 Å². The molecule has 0 heterocycles. The van der Waals surface area contributed by atoms with E-state index in [0.29, 0.717) is 11.1 Å². The number of benzene rings is 3. The molecule has 0 bridgehead atoms. The van der Waals surface area contributed by atoms with Crippen LogP contribution < -0.4 is 0 Å². The smallest absolute Gasteiger partial charge is 0.160 e. The summed E-state index contributed by atoms with van der Waals surface area (Å²) in [4.78, 5) is 12.1. The Hall–Kier alpha value is -3.44. The average molecular weight is 323 g/mol. The first-order chi connectivity index (χ1) is 12.2. The molecule has 0 saturated heterocycles. The molecule has 2 heteroatoms. The number of hydrogen-bond acceptors (Lipinski definition) is 2. The summed E-state index contributed by atoms with van der Waals surface area (Å²) in [5.41, 5.74) is 4.90. The van der Waals surface area contributed by atoms with Crippen LogP contribution in [-0.4, -0.2) is 5.78 Å². The van der Waals surface area contributed by atoms with Crippen molar-refractivity contribution in [3.63, 3.8) is 0 Å². The zero-order valence-corrected chi connectivity index (χ0v) is 13.9. The molecule has 0 aliphatic rings. The van der Waals surface area contributed by atoms with Gasteiger partial charge in [0.1, 0.15) is 0 Å². The van der Waals surface area contributed by atoms with Gasteiger partial charge < -0.3 is 0 Å². The minimum absolute atomic E-state index is 0.0191. The summed E-state index contributed by atoms with van der Waals surface area (Å²) in [6, 6.07) is 27.3. The number of nitriles is 1. The van der Waals surface area contributed by atoms with Crippen molar-refractivity contribution in [3.05, 3.63) is 107 Å². The predicted octanol–water partition coefficient (Wildman–Crippen LogP) is 5.35. The van der Waals surface area contributed by atoms with Crippen molar-refractivity contribution in [2.24, 2.45) is 0 Å². The summed E-state index contributed by atoms with van der Waals surface area (Å²) in [7, 11) is 0. The van der Waals surface area contributed by atoms with Crippen LogP contribution in [0.25, 0.3) is 11.6 Å². The summed E-state index contributed by atoms with van der Waals surface area (Å²) < 4.78 is 0. The van der Waals surface area contributed by atoms with Gasteiger partial charge >= 0.3 is 0 Å². The molecule has 0 amide bonds.